The molecule has 0 atom stereocenters. The Hall–Kier alpha value is -2.68. The zero-order valence-corrected chi connectivity index (χ0v) is 16.6. The summed E-state index contributed by atoms with van der Waals surface area (Å²) in [6.45, 7) is 2.29. The number of aryl methyl sites for hydroxylation is 1. The third-order valence-electron chi connectivity index (χ3n) is 4.74. The number of nitrogens with zero attached hydrogens (tertiary/aromatic N) is 1. The van der Waals surface area contributed by atoms with Crippen LogP contribution in [0.1, 0.15) is 25.0 Å². The molecule has 0 aromatic heterocycles. The van der Waals surface area contributed by atoms with E-state index in [-0.39, 0.29) is 22.2 Å². The summed E-state index contributed by atoms with van der Waals surface area (Å²) in [7, 11) is -2.36. The van der Waals surface area contributed by atoms with Crippen molar-refractivity contribution in [3.05, 3.63) is 47.5 Å². The summed E-state index contributed by atoms with van der Waals surface area (Å²) in [5.41, 5.74) is 1.71. The number of benzene rings is 2. The van der Waals surface area contributed by atoms with Crippen molar-refractivity contribution in [1.29, 1.82) is 0 Å². The molecule has 2 aromatic rings. The minimum atomic E-state index is -4.04. The Morgan fingerprint density at radius 2 is 1.86 bits per heavy atom. The number of anilines is 2. The summed E-state index contributed by atoms with van der Waals surface area (Å²) < 4.78 is 56.9. The number of rotatable bonds is 5. The van der Waals surface area contributed by atoms with E-state index in [1.807, 2.05) is 0 Å². The molecule has 2 aromatic carbocycles. The lowest BCUT2D eigenvalue weighted by molar-refractivity contribution is -0.121. The lowest BCUT2D eigenvalue weighted by Crippen LogP contribution is -2.33. The van der Waals surface area contributed by atoms with Gasteiger partial charge in [0.2, 0.25) is 5.91 Å². The average Bonchev–Trinajstić information content (AvgIpc) is 2.75. The minimum Gasteiger partial charge on any atom is -0.435 e. The second-order valence-electron chi connectivity index (χ2n) is 7.14. The van der Waals surface area contributed by atoms with Crippen LogP contribution in [0.15, 0.2) is 41.3 Å². The molecule has 9 heteroatoms. The lowest BCUT2D eigenvalue weighted by Gasteiger charge is -2.17. The van der Waals surface area contributed by atoms with E-state index in [9.17, 15) is 22.0 Å². The SMILES string of the molecule is Cc1cc(NS(=O)(=O)c2cccc(OC(F)F)c2)cc2c1N(C)C(=O)C2(C)C. The van der Waals surface area contributed by atoms with Crippen LogP contribution in [0, 0.1) is 6.92 Å². The van der Waals surface area contributed by atoms with Crippen LogP contribution in [-0.4, -0.2) is 28.0 Å². The van der Waals surface area contributed by atoms with Gasteiger partial charge in [0, 0.05) is 18.8 Å². The Balaban J connectivity index is 1.98. The summed E-state index contributed by atoms with van der Waals surface area (Å²) in [6.07, 6.45) is 0. The molecule has 1 N–H and O–H groups in total. The Kier molecular flexibility index (Phi) is 4.82. The van der Waals surface area contributed by atoms with Gasteiger partial charge in [0.15, 0.2) is 0 Å². The highest BCUT2D eigenvalue weighted by molar-refractivity contribution is 7.92. The van der Waals surface area contributed by atoms with E-state index >= 15 is 0 Å². The van der Waals surface area contributed by atoms with Crippen LogP contribution in [-0.2, 0) is 20.2 Å². The maximum atomic E-state index is 12.7. The molecule has 0 spiro atoms. The van der Waals surface area contributed by atoms with Crippen LogP contribution in [0.4, 0.5) is 20.2 Å². The van der Waals surface area contributed by atoms with E-state index < -0.39 is 22.0 Å². The van der Waals surface area contributed by atoms with Crippen molar-refractivity contribution in [2.24, 2.45) is 0 Å². The van der Waals surface area contributed by atoms with Gasteiger partial charge in [-0.15, -0.1) is 0 Å². The number of halogens is 2. The Bertz CT molecular complexity index is 1050. The van der Waals surface area contributed by atoms with Gasteiger partial charge in [0.1, 0.15) is 5.75 Å². The first-order valence-electron chi connectivity index (χ1n) is 8.44. The maximum Gasteiger partial charge on any atom is 0.387 e. The van der Waals surface area contributed by atoms with Crippen molar-refractivity contribution < 1.29 is 26.7 Å². The molecule has 28 heavy (non-hydrogen) atoms. The number of nitrogens with one attached hydrogen (secondary N) is 1. The highest BCUT2D eigenvalue weighted by Crippen LogP contribution is 2.44. The second kappa shape index (κ2) is 6.73. The summed E-state index contributed by atoms with van der Waals surface area (Å²) in [5, 5.41) is 0. The topological polar surface area (TPSA) is 75.7 Å². The zero-order valence-electron chi connectivity index (χ0n) is 15.8. The average molecular weight is 410 g/mol. The zero-order chi connectivity index (χ0) is 20.9. The highest BCUT2D eigenvalue weighted by atomic mass is 32.2. The predicted octanol–water partition coefficient (Wildman–Crippen LogP) is 3.65. The van der Waals surface area contributed by atoms with Gasteiger partial charge in [-0.05, 0) is 56.2 Å². The number of hydrogen-bond donors (Lipinski definition) is 1. The standard InChI is InChI=1S/C19H20F2N2O4S/c1-11-8-12(9-15-16(11)23(4)17(24)19(15,2)3)22-28(25,26)14-7-5-6-13(10-14)27-18(20)21/h5-10,18,22H,1-4H3. The van der Waals surface area contributed by atoms with E-state index in [4.69, 9.17) is 0 Å². The van der Waals surface area contributed by atoms with Gasteiger partial charge in [-0.3, -0.25) is 9.52 Å². The van der Waals surface area contributed by atoms with Gasteiger partial charge >= 0.3 is 6.61 Å². The Labute approximate surface area is 162 Å². The molecule has 0 unspecified atom stereocenters. The van der Waals surface area contributed by atoms with Crippen molar-refractivity contribution in [2.75, 3.05) is 16.7 Å². The summed E-state index contributed by atoms with van der Waals surface area (Å²) in [4.78, 5) is 13.8. The molecule has 0 saturated heterocycles. The molecule has 0 radical (unpaired) electrons. The Morgan fingerprint density at radius 3 is 2.50 bits per heavy atom. The van der Waals surface area contributed by atoms with Crippen LogP contribution in [0.2, 0.25) is 0 Å². The first-order chi connectivity index (χ1) is 12.9. The van der Waals surface area contributed by atoms with Gasteiger partial charge in [-0.25, -0.2) is 8.42 Å². The number of fused-ring (bicyclic) bond motifs is 1. The first kappa shape index (κ1) is 20.1. The van der Waals surface area contributed by atoms with Crippen LogP contribution >= 0.6 is 0 Å². The molecule has 1 heterocycles. The molecule has 0 fully saturated rings. The van der Waals surface area contributed by atoms with Crippen molar-refractivity contribution in [3.8, 4) is 5.75 Å². The van der Waals surface area contributed by atoms with E-state index in [1.54, 1.807) is 44.9 Å². The maximum absolute atomic E-state index is 12.7. The number of carbonyl (C=O) groups excluding carboxylic acids is 1. The van der Waals surface area contributed by atoms with Crippen LogP contribution in [0.3, 0.4) is 0 Å². The second-order valence-corrected chi connectivity index (χ2v) is 8.82. The molecule has 1 amide bonds. The van der Waals surface area contributed by atoms with Gasteiger partial charge < -0.3 is 9.64 Å². The van der Waals surface area contributed by atoms with E-state index in [2.05, 4.69) is 9.46 Å². The normalized spacial score (nSPS) is 15.7. The molecule has 0 saturated carbocycles. The first-order valence-corrected chi connectivity index (χ1v) is 9.93. The van der Waals surface area contributed by atoms with Gasteiger partial charge in [0.25, 0.3) is 10.0 Å². The molecular formula is C19H20F2N2O4S. The summed E-state index contributed by atoms with van der Waals surface area (Å²) in [5.74, 6) is -0.334. The molecule has 150 valence electrons. The largest absolute Gasteiger partial charge is 0.435 e. The smallest absolute Gasteiger partial charge is 0.387 e. The molecule has 6 nitrogen and oxygen atoms in total. The summed E-state index contributed by atoms with van der Waals surface area (Å²) in [6, 6.07) is 8.12. The highest BCUT2D eigenvalue weighted by Gasteiger charge is 2.43. The lowest BCUT2D eigenvalue weighted by atomic mass is 9.85. The molecule has 3 rings (SSSR count). The fraction of sp³-hybridized carbons (Fsp3) is 0.316. The number of alkyl halides is 2. The fourth-order valence-electron chi connectivity index (χ4n) is 3.43. The monoisotopic (exact) mass is 410 g/mol. The number of amides is 1. The van der Waals surface area contributed by atoms with E-state index in [0.717, 1.165) is 17.3 Å². The van der Waals surface area contributed by atoms with Crippen molar-refractivity contribution in [3.63, 3.8) is 0 Å². The fourth-order valence-corrected chi connectivity index (χ4v) is 4.50. The van der Waals surface area contributed by atoms with Crippen molar-refractivity contribution in [2.45, 2.75) is 37.7 Å². The third kappa shape index (κ3) is 3.42. The molecule has 0 bridgehead atoms. The van der Waals surface area contributed by atoms with Crippen LogP contribution < -0.4 is 14.4 Å². The van der Waals surface area contributed by atoms with E-state index in [0.29, 0.717) is 5.56 Å². The molecule has 0 aliphatic carbocycles. The van der Waals surface area contributed by atoms with Gasteiger partial charge in [-0.2, -0.15) is 8.78 Å². The summed E-state index contributed by atoms with van der Waals surface area (Å²) >= 11 is 0. The molecule has 1 aliphatic heterocycles. The van der Waals surface area contributed by atoms with Gasteiger partial charge in [-0.1, -0.05) is 6.07 Å². The number of likely N-dealkylation sites (N-methyl/N-ethyl adjacent to an activating group) is 1. The van der Waals surface area contributed by atoms with Crippen molar-refractivity contribution >= 4 is 27.3 Å². The quantitative estimate of drug-likeness (QED) is 0.816. The van der Waals surface area contributed by atoms with Crippen molar-refractivity contribution in [1.82, 2.24) is 0 Å². The van der Waals surface area contributed by atoms with E-state index in [1.165, 1.54) is 18.2 Å². The predicted molar refractivity (Wildman–Crippen MR) is 101 cm³/mol. The van der Waals surface area contributed by atoms with Crippen LogP contribution in [0.5, 0.6) is 5.75 Å². The van der Waals surface area contributed by atoms with Crippen LogP contribution in [0.25, 0.3) is 0 Å². The number of sulfonamides is 1. The molecule has 1 aliphatic rings. The minimum absolute atomic E-state index is 0.0811. The Morgan fingerprint density at radius 1 is 1.18 bits per heavy atom. The van der Waals surface area contributed by atoms with Gasteiger partial charge in [0.05, 0.1) is 16.0 Å². The number of ether oxygens (including phenoxy) is 1. The molecular weight excluding hydrogens is 390 g/mol. The third-order valence-corrected chi connectivity index (χ3v) is 6.12. The number of carbonyl (C=O) groups is 1. The number of hydrogen-bond acceptors (Lipinski definition) is 4.